The molecule has 0 atom stereocenters. The maximum Gasteiger partial charge on any atom is 0.303 e. The van der Waals surface area contributed by atoms with E-state index in [-0.39, 0.29) is 6.42 Å². The Labute approximate surface area is 137 Å². The summed E-state index contributed by atoms with van der Waals surface area (Å²) in [5.74, 6) is -0.714. The number of carboxylic acids is 1. The van der Waals surface area contributed by atoms with Crippen molar-refractivity contribution in [3.05, 3.63) is 38.5 Å². The van der Waals surface area contributed by atoms with Gasteiger partial charge in [0.2, 0.25) is 0 Å². The molecule has 0 aromatic heterocycles. The molecule has 0 radical (unpaired) electrons. The normalized spacial score (nSPS) is 7.95. The second-order valence-corrected chi connectivity index (χ2v) is 4.20. The number of hydrogen-bond donors (Lipinski definition) is 2. The zero-order valence-corrected chi connectivity index (χ0v) is 14.6. The Kier molecular flexibility index (Phi) is 47.9. The molecule has 0 aromatic rings. The largest absolute Gasteiger partial charge is 0.481 e. The van der Waals surface area contributed by atoms with Gasteiger partial charge in [0.15, 0.2) is 0 Å². The first-order valence-electron chi connectivity index (χ1n) is 7.76. The van der Waals surface area contributed by atoms with Crippen molar-refractivity contribution < 1.29 is 20.0 Å². The molecule has 0 bridgehead atoms. The molecule has 22 heavy (non-hydrogen) atoms. The molecule has 0 spiro atoms. The highest BCUT2D eigenvalue weighted by Crippen LogP contribution is 2.06. The van der Waals surface area contributed by atoms with Gasteiger partial charge >= 0.3 is 5.97 Å². The summed E-state index contributed by atoms with van der Waals surface area (Å²) in [5.41, 5.74) is 0. The van der Waals surface area contributed by atoms with Crippen LogP contribution < -0.4 is 0 Å². The van der Waals surface area contributed by atoms with Crippen LogP contribution in [0.4, 0.5) is 0 Å². The van der Waals surface area contributed by atoms with Crippen molar-refractivity contribution in [2.75, 3.05) is 6.61 Å². The van der Waals surface area contributed by atoms with Crippen molar-refractivity contribution in [1.29, 1.82) is 0 Å². The molecule has 4 nitrogen and oxygen atoms in total. The van der Waals surface area contributed by atoms with E-state index in [1.807, 2.05) is 13.0 Å². The molecule has 0 amide bonds. The Hall–Kier alpha value is -1.39. The molecule has 0 aliphatic heterocycles. The van der Waals surface area contributed by atoms with Gasteiger partial charge in [-0.15, -0.1) is 26.3 Å². The van der Waals surface area contributed by atoms with E-state index in [0.717, 1.165) is 44.9 Å². The quantitative estimate of drug-likeness (QED) is 0.229. The van der Waals surface area contributed by atoms with Crippen molar-refractivity contribution in [2.45, 2.75) is 65.2 Å². The van der Waals surface area contributed by atoms with E-state index in [1.54, 1.807) is 6.08 Å². The molecule has 2 N–H and O–H groups in total. The van der Waals surface area contributed by atoms with Crippen LogP contribution in [0.1, 0.15) is 65.2 Å². The zero-order chi connectivity index (χ0) is 18.1. The van der Waals surface area contributed by atoms with Crippen LogP contribution in [-0.4, -0.2) is 22.9 Å². The lowest BCUT2D eigenvalue weighted by Gasteiger charge is -1.99. The third-order valence-corrected chi connectivity index (χ3v) is 2.16. The maximum absolute atomic E-state index is 10.1. The molecular formula is C18H36O4. The van der Waals surface area contributed by atoms with Crippen LogP contribution >= 0.6 is 0 Å². The Morgan fingerprint density at radius 2 is 1.41 bits per heavy atom. The topological polar surface area (TPSA) is 66.8 Å². The highest BCUT2D eigenvalue weighted by atomic mass is 17.1. The second kappa shape index (κ2) is 36.7. The fourth-order valence-corrected chi connectivity index (χ4v) is 1.15. The fourth-order valence-electron chi connectivity index (χ4n) is 1.15. The molecule has 0 heterocycles. The summed E-state index contributed by atoms with van der Waals surface area (Å²) in [7, 11) is 0. The minimum absolute atomic E-state index is 0.278. The predicted molar refractivity (Wildman–Crippen MR) is 96.1 cm³/mol. The molecule has 0 rings (SSSR count). The highest BCUT2D eigenvalue weighted by Gasteiger charge is 1.96. The van der Waals surface area contributed by atoms with Gasteiger partial charge in [-0.1, -0.05) is 44.8 Å². The van der Waals surface area contributed by atoms with E-state index in [9.17, 15) is 4.79 Å². The molecule has 132 valence electrons. The van der Waals surface area contributed by atoms with Crippen molar-refractivity contribution in [3.8, 4) is 0 Å². The van der Waals surface area contributed by atoms with Crippen LogP contribution in [0.2, 0.25) is 0 Å². The monoisotopic (exact) mass is 316 g/mol. The SMILES string of the molecule is C=C.C=CC.C=CCC.O=C(O)CCCCCCCCOO. The smallest absolute Gasteiger partial charge is 0.303 e. The standard InChI is InChI=1S/C9H18O4.C4H8.C3H6.C2H4/c10-9(11)7-5-3-1-2-4-6-8-13-12;1-3-4-2;1-3-2;1-2/h12H,1-8H2,(H,10,11);3H,1,4H2,2H3;3H,1H2,2H3;1-2H2. The van der Waals surface area contributed by atoms with Gasteiger partial charge in [0.1, 0.15) is 0 Å². The number of carboxylic acid groups (broad SMARTS) is 1. The number of carbonyl (C=O) groups is 1. The molecule has 0 aromatic carbocycles. The first-order chi connectivity index (χ1) is 10.6. The fraction of sp³-hybridized carbons (Fsp3) is 0.611. The van der Waals surface area contributed by atoms with Crippen LogP contribution in [-0.2, 0) is 9.68 Å². The van der Waals surface area contributed by atoms with Crippen LogP contribution in [0.15, 0.2) is 38.5 Å². The van der Waals surface area contributed by atoms with E-state index in [0.29, 0.717) is 6.61 Å². The summed E-state index contributed by atoms with van der Waals surface area (Å²) in [6.07, 6.45) is 10.8. The molecule has 0 aliphatic carbocycles. The third kappa shape index (κ3) is 62.5. The van der Waals surface area contributed by atoms with Gasteiger partial charge in [0.25, 0.3) is 0 Å². The minimum Gasteiger partial charge on any atom is -0.481 e. The van der Waals surface area contributed by atoms with E-state index >= 15 is 0 Å². The van der Waals surface area contributed by atoms with Gasteiger partial charge < -0.3 is 5.11 Å². The van der Waals surface area contributed by atoms with E-state index in [1.165, 1.54) is 0 Å². The van der Waals surface area contributed by atoms with Gasteiger partial charge in [-0.05, 0) is 26.2 Å². The molecule has 4 heteroatoms. The summed E-state index contributed by atoms with van der Waals surface area (Å²) in [4.78, 5) is 14.1. The molecule has 0 unspecified atom stereocenters. The first kappa shape index (κ1) is 28.7. The Morgan fingerprint density at radius 3 is 1.73 bits per heavy atom. The molecule has 0 fully saturated rings. The summed E-state index contributed by atoms with van der Waals surface area (Å²) >= 11 is 0. The Balaban J connectivity index is -0.000000149. The Morgan fingerprint density at radius 1 is 1.05 bits per heavy atom. The highest BCUT2D eigenvalue weighted by molar-refractivity contribution is 5.66. The summed E-state index contributed by atoms with van der Waals surface area (Å²) in [6.45, 7) is 17.2. The van der Waals surface area contributed by atoms with Crippen molar-refractivity contribution in [2.24, 2.45) is 0 Å². The van der Waals surface area contributed by atoms with E-state index in [2.05, 4.69) is 38.1 Å². The number of allylic oxidation sites excluding steroid dienone is 2. The van der Waals surface area contributed by atoms with Gasteiger partial charge in [-0.3, -0.25) is 10.1 Å². The first-order valence-corrected chi connectivity index (χ1v) is 7.76. The van der Waals surface area contributed by atoms with E-state index < -0.39 is 5.97 Å². The number of rotatable bonds is 10. The lowest BCUT2D eigenvalue weighted by molar-refractivity contribution is -0.242. The van der Waals surface area contributed by atoms with Crippen LogP contribution in [0, 0.1) is 0 Å². The molecular weight excluding hydrogens is 280 g/mol. The number of aliphatic carboxylic acids is 1. The lowest BCUT2D eigenvalue weighted by atomic mass is 10.1. The zero-order valence-electron chi connectivity index (χ0n) is 14.6. The van der Waals surface area contributed by atoms with Crippen LogP contribution in [0.25, 0.3) is 0 Å². The molecule has 0 saturated carbocycles. The van der Waals surface area contributed by atoms with Gasteiger partial charge in [0, 0.05) is 6.42 Å². The Bertz CT molecular complexity index is 215. The summed E-state index contributed by atoms with van der Waals surface area (Å²) in [5, 5.41) is 16.3. The average Bonchev–Trinajstić information content (AvgIpc) is 2.52. The van der Waals surface area contributed by atoms with Crippen molar-refractivity contribution in [3.63, 3.8) is 0 Å². The van der Waals surface area contributed by atoms with Crippen LogP contribution in [0.5, 0.6) is 0 Å². The molecule has 0 saturated heterocycles. The molecule has 0 aliphatic rings. The van der Waals surface area contributed by atoms with Crippen molar-refractivity contribution >= 4 is 5.97 Å². The van der Waals surface area contributed by atoms with Crippen LogP contribution in [0.3, 0.4) is 0 Å². The summed E-state index contributed by atoms with van der Waals surface area (Å²) < 4.78 is 0. The predicted octanol–water partition coefficient (Wildman–Crippen LogP) is 5.87. The minimum atomic E-state index is -0.714. The van der Waals surface area contributed by atoms with Gasteiger partial charge in [-0.2, -0.15) is 0 Å². The summed E-state index contributed by atoms with van der Waals surface area (Å²) in [6, 6.07) is 0. The second-order valence-electron chi connectivity index (χ2n) is 4.20. The maximum atomic E-state index is 10.1. The average molecular weight is 316 g/mol. The third-order valence-electron chi connectivity index (χ3n) is 2.16. The lowest BCUT2D eigenvalue weighted by Crippen LogP contribution is -1.93. The van der Waals surface area contributed by atoms with Crippen molar-refractivity contribution in [1.82, 2.24) is 0 Å². The number of unbranched alkanes of at least 4 members (excludes halogenated alkanes) is 5. The van der Waals surface area contributed by atoms with E-state index in [4.69, 9.17) is 10.4 Å². The van der Waals surface area contributed by atoms with Gasteiger partial charge in [-0.25, -0.2) is 4.89 Å². The number of hydrogen-bond acceptors (Lipinski definition) is 3. The van der Waals surface area contributed by atoms with Gasteiger partial charge in [0.05, 0.1) is 6.61 Å².